The standard InChI is InChI=1S/C14H24N2O3S/c1-2-10-3-5-11(6-4-10)15-14(19)16-7-8-20-9-12(16)13(17)18/h10-12H,2-9H2,1H3,(H,15,19)(H,17,18). The molecular formula is C14H24N2O3S. The van der Waals surface area contributed by atoms with Crippen LogP contribution in [-0.4, -0.2) is 52.1 Å². The number of urea groups is 1. The van der Waals surface area contributed by atoms with Gasteiger partial charge in [0.1, 0.15) is 6.04 Å². The number of thioether (sulfide) groups is 1. The lowest BCUT2D eigenvalue weighted by Gasteiger charge is -2.35. The average molecular weight is 300 g/mol. The molecule has 0 aromatic rings. The van der Waals surface area contributed by atoms with Gasteiger partial charge in [-0.3, -0.25) is 0 Å². The Labute approximate surface area is 124 Å². The summed E-state index contributed by atoms with van der Waals surface area (Å²) in [5.74, 6) is 1.20. The Morgan fingerprint density at radius 2 is 2.00 bits per heavy atom. The van der Waals surface area contributed by atoms with Crippen molar-refractivity contribution in [3.05, 3.63) is 0 Å². The summed E-state index contributed by atoms with van der Waals surface area (Å²) in [4.78, 5) is 25.0. The van der Waals surface area contributed by atoms with E-state index in [4.69, 9.17) is 0 Å². The molecular weight excluding hydrogens is 276 g/mol. The van der Waals surface area contributed by atoms with Crippen LogP contribution in [0.4, 0.5) is 4.79 Å². The summed E-state index contributed by atoms with van der Waals surface area (Å²) >= 11 is 1.60. The second kappa shape index (κ2) is 7.20. The molecule has 6 heteroatoms. The maximum Gasteiger partial charge on any atom is 0.327 e. The van der Waals surface area contributed by atoms with Crippen molar-refractivity contribution < 1.29 is 14.7 Å². The van der Waals surface area contributed by atoms with E-state index in [9.17, 15) is 14.7 Å². The van der Waals surface area contributed by atoms with Crippen LogP contribution in [0.1, 0.15) is 39.0 Å². The molecule has 2 rings (SSSR count). The topological polar surface area (TPSA) is 69.6 Å². The van der Waals surface area contributed by atoms with E-state index in [1.165, 1.54) is 24.2 Å². The number of hydrogen-bond donors (Lipinski definition) is 2. The molecule has 1 heterocycles. The monoisotopic (exact) mass is 300 g/mol. The molecule has 2 N–H and O–H groups in total. The van der Waals surface area contributed by atoms with Gasteiger partial charge in [0.2, 0.25) is 0 Å². The zero-order chi connectivity index (χ0) is 14.5. The number of carbonyl (C=O) groups is 2. The zero-order valence-corrected chi connectivity index (χ0v) is 12.8. The van der Waals surface area contributed by atoms with Crippen LogP contribution in [-0.2, 0) is 4.79 Å². The number of aliphatic carboxylic acids is 1. The Hall–Kier alpha value is -0.910. The number of nitrogens with one attached hydrogen (secondary N) is 1. The average Bonchev–Trinajstić information content (AvgIpc) is 2.48. The highest BCUT2D eigenvalue weighted by Gasteiger charge is 2.33. The molecule has 2 amide bonds. The zero-order valence-electron chi connectivity index (χ0n) is 12.0. The molecule has 2 aliphatic rings. The first-order valence-corrected chi connectivity index (χ1v) is 8.65. The number of carbonyl (C=O) groups excluding carboxylic acids is 1. The van der Waals surface area contributed by atoms with Crippen molar-refractivity contribution >= 4 is 23.8 Å². The van der Waals surface area contributed by atoms with Crippen LogP contribution in [0.5, 0.6) is 0 Å². The van der Waals surface area contributed by atoms with E-state index in [2.05, 4.69) is 12.2 Å². The first-order chi connectivity index (χ1) is 9.61. The molecule has 1 unspecified atom stereocenters. The molecule has 5 nitrogen and oxygen atoms in total. The van der Waals surface area contributed by atoms with Gasteiger partial charge in [-0.1, -0.05) is 13.3 Å². The number of rotatable bonds is 3. The van der Waals surface area contributed by atoms with Gasteiger partial charge in [0.05, 0.1) is 0 Å². The van der Waals surface area contributed by atoms with Crippen molar-refractivity contribution in [2.45, 2.75) is 51.1 Å². The van der Waals surface area contributed by atoms with Crippen LogP contribution in [0, 0.1) is 5.92 Å². The van der Waals surface area contributed by atoms with Gasteiger partial charge in [0.15, 0.2) is 0 Å². The fraction of sp³-hybridized carbons (Fsp3) is 0.857. The molecule has 1 atom stereocenters. The number of carboxylic acids is 1. The van der Waals surface area contributed by atoms with Gasteiger partial charge >= 0.3 is 12.0 Å². The van der Waals surface area contributed by atoms with E-state index in [0.29, 0.717) is 12.3 Å². The fourth-order valence-electron chi connectivity index (χ4n) is 3.02. The minimum atomic E-state index is -0.901. The quantitative estimate of drug-likeness (QED) is 0.838. The van der Waals surface area contributed by atoms with Crippen LogP contribution in [0.25, 0.3) is 0 Å². The van der Waals surface area contributed by atoms with Gasteiger partial charge in [-0.15, -0.1) is 0 Å². The van der Waals surface area contributed by atoms with Gasteiger partial charge in [-0.25, -0.2) is 9.59 Å². The summed E-state index contributed by atoms with van der Waals surface area (Å²) in [5.41, 5.74) is 0. The summed E-state index contributed by atoms with van der Waals surface area (Å²) in [7, 11) is 0. The second-order valence-corrected chi connectivity index (χ2v) is 6.85. The number of amides is 2. The van der Waals surface area contributed by atoms with Gasteiger partial charge in [0.25, 0.3) is 0 Å². The molecule has 1 aliphatic carbocycles. The summed E-state index contributed by atoms with van der Waals surface area (Å²) < 4.78 is 0. The number of hydrogen-bond acceptors (Lipinski definition) is 3. The molecule has 1 aliphatic heterocycles. The summed E-state index contributed by atoms with van der Waals surface area (Å²) in [6.07, 6.45) is 5.58. The molecule has 2 fully saturated rings. The van der Waals surface area contributed by atoms with Gasteiger partial charge in [0, 0.05) is 24.1 Å². The predicted octanol–water partition coefficient (Wildman–Crippen LogP) is 2.17. The summed E-state index contributed by atoms with van der Waals surface area (Å²) in [6, 6.07) is -0.660. The molecule has 1 saturated carbocycles. The third kappa shape index (κ3) is 3.81. The normalized spacial score (nSPS) is 30.9. The van der Waals surface area contributed by atoms with Crippen LogP contribution in [0.15, 0.2) is 0 Å². The lowest BCUT2D eigenvalue weighted by molar-refractivity contribution is -0.141. The first kappa shape index (κ1) is 15.5. The lowest BCUT2D eigenvalue weighted by atomic mass is 9.84. The van der Waals surface area contributed by atoms with Crippen LogP contribution >= 0.6 is 11.8 Å². The van der Waals surface area contributed by atoms with E-state index >= 15 is 0 Å². The molecule has 0 radical (unpaired) electrons. The molecule has 0 bridgehead atoms. The highest BCUT2D eigenvalue weighted by molar-refractivity contribution is 7.99. The van der Waals surface area contributed by atoms with E-state index in [-0.39, 0.29) is 12.1 Å². The fourth-order valence-corrected chi connectivity index (χ4v) is 4.06. The van der Waals surface area contributed by atoms with Gasteiger partial charge in [-0.05, 0) is 31.6 Å². The van der Waals surface area contributed by atoms with E-state index in [1.54, 1.807) is 11.8 Å². The third-order valence-electron chi connectivity index (χ3n) is 4.43. The maximum absolute atomic E-state index is 12.3. The first-order valence-electron chi connectivity index (χ1n) is 7.49. The minimum Gasteiger partial charge on any atom is -0.480 e. The smallest absolute Gasteiger partial charge is 0.327 e. The predicted molar refractivity (Wildman–Crippen MR) is 80.0 cm³/mol. The molecule has 0 spiro atoms. The van der Waals surface area contributed by atoms with Gasteiger partial charge in [-0.2, -0.15) is 11.8 Å². The Balaban J connectivity index is 1.86. The largest absolute Gasteiger partial charge is 0.480 e. The Bertz CT molecular complexity index is 356. The van der Waals surface area contributed by atoms with Crippen LogP contribution in [0.2, 0.25) is 0 Å². The summed E-state index contributed by atoms with van der Waals surface area (Å²) in [5, 5.41) is 12.2. The SMILES string of the molecule is CCC1CCC(NC(=O)N2CCSCC2C(=O)O)CC1. The molecule has 0 aromatic heterocycles. The summed E-state index contributed by atoms with van der Waals surface area (Å²) in [6.45, 7) is 2.74. The van der Waals surface area contributed by atoms with E-state index in [0.717, 1.165) is 24.5 Å². The van der Waals surface area contributed by atoms with E-state index < -0.39 is 12.0 Å². The lowest BCUT2D eigenvalue weighted by Crippen LogP contribution is -2.55. The highest BCUT2D eigenvalue weighted by atomic mass is 32.2. The van der Waals surface area contributed by atoms with Crippen molar-refractivity contribution in [3.8, 4) is 0 Å². The highest BCUT2D eigenvalue weighted by Crippen LogP contribution is 2.27. The van der Waals surface area contributed by atoms with Crippen molar-refractivity contribution in [2.24, 2.45) is 5.92 Å². The minimum absolute atomic E-state index is 0.197. The van der Waals surface area contributed by atoms with Crippen molar-refractivity contribution in [1.82, 2.24) is 10.2 Å². The van der Waals surface area contributed by atoms with Crippen LogP contribution < -0.4 is 5.32 Å². The number of nitrogens with zero attached hydrogens (tertiary/aromatic N) is 1. The second-order valence-electron chi connectivity index (χ2n) is 5.70. The maximum atomic E-state index is 12.3. The Morgan fingerprint density at radius 1 is 1.30 bits per heavy atom. The van der Waals surface area contributed by atoms with Crippen LogP contribution in [0.3, 0.4) is 0 Å². The third-order valence-corrected chi connectivity index (χ3v) is 5.45. The van der Waals surface area contributed by atoms with Gasteiger partial charge < -0.3 is 15.3 Å². The number of carboxylic acid groups (broad SMARTS) is 1. The van der Waals surface area contributed by atoms with Crippen molar-refractivity contribution in [2.75, 3.05) is 18.1 Å². The van der Waals surface area contributed by atoms with Crippen molar-refractivity contribution in [1.29, 1.82) is 0 Å². The Morgan fingerprint density at radius 3 is 2.60 bits per heavy atom. The molecule has 0 aromatic carbocycles. The van der Waals surface area contributed by atoms with Crippen molar-refractivity contribution in [3.63, 3.8) is 0 Å². The Kier molecular flexibility index (Phi) is 5.57. The van der Waals surface area contributed by atoms with E-state index in [1.807, 2.05) is 0 Å². The molecule has 1 saturated heterocycles. The molecule has 114 valence electrons. The molecule has 20 heavy (non-hydrogen) atoms.